The van der Waals surface area contributed by atoms with Gasteiger partial charge in [-0.15, -0.1) is 0 Å². The molecule has 0 fully saturated rings. The van der Waals surface area contributed by atoms with Crippen LogP contribution in [0.1, 0.15) is 31.9 Å². The average molecular weight is 212 g/mol. The van der Waals surface area contributed by atoms with Crippen LogP contribution < -0.4 is 0 Å². The van der Waals surface area contributed by atoms with E-state index in [1.807, 2.05) is 19.1 Å². The van der Waals surface area contributed by atoms with Crippen molar-refractivity contribution in [1.82, 2.24) is 0 Å². The molecule has 1 aromatic carbocycles. The maximum absolute atomic E-state index is 2.20. The predicted molar refractivity (Wildman–Crippen MR) is 73.4 cm³/mol. The van der Waals surface area contributed by atoms with Crippen LogP contribution >= 0.6 is 0 Å². The summed E-state index contributed by atoms with van der Waals surface area (Å²) in [5.41, 5.74) is 3.93. The zero-order valence-corrected chi connectivity index (χ0v) is 10.4. The number of aryl methyl sites for hydroxylation is 1. The first-order valence-corrected chi connectivity index (χ1v) is 5.86. The van der Waals surface area contributed by atoms with Gasteiger partial charge in [-0.2, -0.15) is 0 Å². The largest absolute Gasteiger partial charge is 0.0877 e. The molecule has 0 aliphatic rings. The quantitative estimate of drug-likeness (QED) is 0.630. The zero-order chi connectivity index (χ0) is 11.8. The van der Waals surface area contributed by atoms with Crippen molar-refractivity contribution in [1.29, 1.82) is 0 Å². The van der Waals surface area contributed by atoms with Crippen molar-refractivity contribution < 1.29 is 0 Å². The van der Waals surface area contributed by atoms with Crippen molar-refractivity contribution >= 4 is 5.57 Å². The second-order valence-corrected chi connectivity index (χ2v) is 3.68. The number of hydrogen-bond acceptors (Lipinski definition) is 0. The molecule has 0 bridgehead atoms. The summed E-state index contributed by atoms with van der Waals surface area (Å²) < 4.78 is 0. The van der Waals surface area contributed by atoms with Crippen LogP contribution in [0.25, 0.3) is 5.57 Å². The third-order valence-corrected chi connectivity index (χ3v) is 2.59. The van der Waals surface area contributed by atoms with E-state index in [2.05, 4.69) is 56.3 Å². The Hall–Kier alpha value is -1.56. The Morgan fingerprint density at radius 3 is 2.25 bits per heavy atom. The molecule has 84 valence electrons. The van der Waals surface area contributed by atoms with E-state index in [1.165, 1.54) is 16.7 Å². The highest BCUT2D eigenvalue weighted by Crippen LogP contribution is 2.16. The lowest BCUT2D eigenvalue weighted by atomic mass is 10.0. The van der Waals surface area contributed by atoms with Crippen molar-refractivity contribution in [3.8, 4) is 0 Å². The summed E-state index contributed by atoms with van der Waals surface area (Å²) in [6.45, 7) is 6.27. The molecule has 0 saturated carbocycles. The molecule has 1 aromatic rings. The molecule has 0 unspecified atom stereocenters. The van der Waals surface area contributed by atoms with Gasteiger partial charge >= 0.3 is 0 Å². The summed E-state index contributed by atoms with van der Waals surface area (Å²) in [5, 5.41) is 0. The summed E-state index contributed by atoms with van der Waals surface area (Å²) >= 11 is 0. The molecule has 0 amide bonds. The highest BCUT2D eigenvalue weighted by atomic mass is 14.0. The third kappa shape index (κ3) is 3.54. The number of benzene rings is 1. The molecular formula is C16H20. The molecule has 0 nitrogen and oxygen atoms in total. The van der Waals surface area contributed by atoms with Crippen LogP contribution in [-0.2, 0) is 6.42 Å². The van der Waals surface area contributed by atoms with Gasteiger partial charge < -0.3 is 0 Å². The van der Waals surface area contributed by atoms with Crippen LogP contribution in [0.3, 0.4) is 0 Å². The highest BCUT2D eigenvalue weighted by molar-refractivity contribution is 5.74. The lowest BCUT2D eigenvalue weighted by Crippen LogP contribution is -1.83. The number of allylic oxidation sites excluding steroid dienone is 6. The summed E-state index contributed by atoms with van der Waals surface area (Å²) in [7, 11) is 0. The second-order valence-electron chi connectivity index (χ2n) is 3.68. The fourth-order valence-corrected chi connectivity index (χ4v) is 1.56. The first kappa shape index (κ1) is 12.5. The van der Waals surface area contributed by atoms with Gasteiger partial charge in [0, 0.05) is 0 Å². The molecule has 0 saturated heterocycles. The first-order valence-electron chi connectivity index (χ1n) is 5.86. The van der Waals surface area contributed by atoms with Crippen molar-refractivity contribution in [2.75, 3.05) is 0 Å². The maximum Gasteiger partial charge on any atom is -0.0187 e. The third-order valence-electron chi connectivity index (χ3n) is 2.59. The van der Waals surface area contributed by atoms with Crippen molar-refractivity contribution in [2.45, 2.75) is 27.2 Å². The monoisotopic (exact) mass is 212 g/mol. The van der Waals surface area contributed by atoms with E-state index in [0.29, 0.717) is 0 Å². The molecule has 0 radical (unpaired) electrons. The number of hydrogen-bond donors (Lipinski definition) is 0. The van der Waals surface area contributed by atoms with Gasteiger partial charge in [0.05, 0.1) is 0 Å². The van der Waals surface area contributed by atoms with Crippen molar-refractivity contribution in [3.63, 3.8) is 0 Å². The summed E-state index contributed by atoms with van der Waals surface area (Å²) in [4.78, 5) is 0. The van der Waals surface area contributed by atoms with Gasteiger partial charge in [-0.3, -0.25) is 0 Å². The van der Waals surface area contributed by atoms with E-state index in [0.717, 1.165) is 6.42 Å². The zero-order valence-electron chi connectivity index (χ0n) is 10.4. The molecule has 0 heteroatoms. The Morgan fingerprint density at radius 2 is 1.75 bits per heavy atom. The predicted octanol–water partition coefficient (Wildman–Crippen LogP) is 4.78. The van der Waals surface area contributed by atoms with Crippen LogP contribution in [0, 0.1) is 0 Å². The molecule has 0 heterocycles. The smallest absolute Gasteiger partial charge is 0.0187 e. The minimum Gasteiger partial charge on any atom is -0.0877 e. The Labute approximate surface area is 99.0 Å². The topological polar surface area (TPSA) is 0 Å². The molecule has 0 N–H and O–H groups in total. The van der Waals surface area contributed by atoms with Crippen LogP contribution in [0.5, 0.6) is 0 Å². The summed E-state index contributed by atoms with van der Waals surface area (Å²) in [5.74, 6) is 0. The summed E-state index contributed by atoms with van der Waals surface area (Å²) in [6, 6.07) is 8.77. The highest BCUT2D eigenvalue weighted by Gasteiger charge is 1.96. The van der Waals surface area contributed by atoms with Crippen LogP contribution in [0.2, 0.25) is 0 Å². The van der Waals surface area contributed by atoms with E-state index in [1.54, 1.807) is 0 Å². The lowest BCUT2D eigenvalue weighted by Gasteiger charge is -2.03. The normalized spacial score (nSPS) is 12.8. The fraction of sp³-hybridized carbons (Fsp3) is 0.250. The van der Waals surface area contributed by atoms with Crippen LogP contribution in [0.4, 0.5) is 0 Å². The van der Waals surface area contributed by atoms with E-state index in [4.69, 9.17) is 0 Å². The molecule has 16 heavy (non-hydrogen) atoms. The van der Waals surface area contributed by atoms with Gasteiger partial charge in [0.15, 0.2) is 0 Å². The molecule has 0 spiro atoms. The lowest BCUT2D eigenvalue weighted by molar-refractivity contribution is 1.14. The van der Waals surface area contributed by atoms with E-state index in [9.17, 15) is 0 Å². The molecule has 0 aliphatic heterocycles. The number of rotatable bonds is 4. The SMILES string of the molecule is C\C=C/C=C\C(=C/C)c1ccc(CC)cc1. The van der Waals surface area contributed by atoms with E-state index in [-0.39, 0.29) is 0 Å². The maximum atomic E-state index is 2.20. The van der Waals surface area contributed by atoms with Crippen molar-refractivity contribution in [2.24, 2.45) is 0 Å². The molecule has 0 atom stereocenters. The van der Waals surface area contributed by atoms with Gasteiger partial charge in [0.25, 0.3) is 0 Å². The van der Waals surface area contributed by atoms with E-state index < -0.39 is 0 Å². The Balaban J connectivity index is 2.88. The molecule has 0 aliphatic carbocycles. The van der Waals surface area contributed by atoms with Gasteiger partial charge in [-0.05, 0) is 37.0 Å². The van der Waals surface area contributed by atoms with E-state index >= 15 is 0 Å². The van der Waals surface area contributed by atoms with Gasteiger partial charge in [0.1, 0.15) is 0 Å². The van der Waals surface area contributed by atoms with Crippen LogP contribution in [-0.4, -0.2) is 0 Å². The molecule has 0 aromatic heterocycles. The summed E-state index contributed by atoms with van der Waals surface area (Å²) in [6.07, 6.45) is 11.5. The Morgan fingerprint density at radius 1 is 1.06 bits per heavy atom. The average Bonchev–Trinajstić information content (AvgIpc) is 2.35. The van der Waals surface area contributed by atoms with Crippen molar-refractivity contribution in [3.05, 3.63) is 65.8 Å². The molecular weight excluding hydrogens is 192 g/mol. The minimum absolute atomic E-state index is 1.10. The fourth-order valence-electron chi connectivity index (χ4n) is 1.56. The Kier molecular flexibility index (Phi) is 5.35. The first-order chi connectivity index (χ1) is 7.81. The Bertz CT molecular complexity index is 389. The van der Waals surface area contributed by atoms with Gasteiger partial charge in [0.2, 0.25) is 0 Å². The van der Waals surface area contributed by atoms with Gasteiger partial charge in [-0.1, -0.05) is 61.6 Å². The molecule has 1 rings (SSSR count). The standard InChI is InChI=1S/C16H20/c1-4-7-8-9-15(6-3)16-12-10-14(5-2)11-13-16/h4,6-13H,5H2,1-3H3/b7-4-,9-8-,15-6+. The minimum atomic E-state index is 1.10. The second kappa shape index (κ2) is 6.84. The van der Waals surface area contributed by atoms with Crippen LogP contribution in [0.15, 0.2) is 54.6 Å². The van der Waals surface area contributed by atoms with Gasteiger partial charge in [-0.25, -0.2) is 0 Å².